The summed E-state index contributed by atoms with van der Waals surface area (Å²) < 4.78 is 0. The fraction of sp³-hybridized carbons (Fsp3) is 0.625. The molecule has 0 heterocycles. The standard InChI is InChI=1S/C8H12O/c1-2-7-4-3-5-8(7)6-9/h2,6-8H,1,3-5H2/t7-,8+/m1/s1. The van der Waals surface area contributed by atoms with Crippen LogP contribution in [0.15, 0.2) is 12.7 Å². The van der Waals surface area contributed by atoms with Crippen LogP contribution in [0.5, 0.6) is 0 Å². The van der Waals surface area contributed by atoms with Crippen LogP contribution in [0.2, 0.25) is 0 Å². The zero-order chi connectivity index (χ0) is 6.69. The van der Waals surface area contributed by atoms with Gasteiger partial charge in [0, 0.05) is 5.92 Å². The largest absolute Gasteiger partial charge is 0.303 e. The maximum atomic E-state index is 10.3. The SMILES string of the molecule is C=C[C@@H]1CCC[C@H]1C=O. The van der Waals surface area contributed by atoms with E-state index < -0.39 is 0 Å². The second-order valence-corrected chi connectivity index (χ2v) is 2.63. The van der Waals surface area contributed by atoms with Crippen LogP contribution in [0, 0.1) is 11.8 Å². The first-order chi connectivity index (χ1) is 4.38. The number of allylic oxidation sites excluding steroid dienone is 1. The van der Waals surface area contributed by atoms with Crippen molar-refractivity contribution < 1.29 is 4.79 Å². The molecule has 1 fully saturated rings. The molecule has 50 valence electrons. The van der Waals surface area contributed by atoms with Crippen molar-refractivity contribution in [3.05, 3.63) is 12.7 Å². The van der Waals surface area contributed by atoms with E-state index in [1.807, 2.05) is 6.08 Å². The van der Waals surface area contributed by atoms with Gasteiger partial charge in [0.15, 0.2) is 0 Å². The second-order valence-electron chi connectivity index (χ2n) is 2.63. The second kappa shape index (κ2) is 2.81. The van der Waals surface area contributed by atoms with Crippen molar-refractivity contribution in [2.75, 3.05) is 0 Å². The van der Waals surface area contributed by atoms with E-state index in [4.69, 9.17) is 0 Å². The summed E-state index contributed by atoms with van der Waals surface area (Å²) >= 11 is 0. The van der Waals surface area contributed by atoms with Crippen LogP contribution in [0.3, 0.4) is 0 Å². The van der Waals surface area contributed by atoms with Crippen molar-refractivity contribution in [3.8, 4) is 0 Å². The molecular weight excluding hydrogens is 112 g/mol. The van der Waals surface area contributed by atoms with E-state index in [9.17, 15) is 4.79 Å². The Bertz CT molecular complexity index is 104. The van der Waals surface area contributed by atoms with E-state index in [1.54, 1.807) is 0 Å². The minimum absolute atomic E-state index is 0.280. The number of hydrogen-bond donors (Lipinski definition) is 0. The molecular formula is C8H12O. The van der Waals surface area contributed by atoms with Crippen LogP contribution < -0.4 is 0 Å². The van der Waals surface area contributed by atoms with Crippen LogP contribution in [0.25, 0.3) is 0 Å². The molecule has 1 heteroatoms. The van der Waals surface area contributed by atoms with E-state index in [0.29, 0.717) is 5.92 Å². The monoisotopic (exact) mass is 124 g/mol. The first-order valence-electron chi connectivity index (χ1n) is 3.46. The van der Waals surface area contributed by atoms with Crippen LogP contribution in [0.1, 0.15) is 19.3 Å². The van der Waals surface area contributed by atoms with E-state index in [1.165, 1.54) is 6.42 Å². The molecule has 0 radical (unpaired) electrons. The molecule has 0 spiro atoms. The average molecular weight is 124 g/mol. The van der Waals surface area contributed by atoms with Gasteiger partial charge < -0.3 is 4.79 Å². The van der Waals surface area contributed by atoms with Gasteiger partial charge in [-0.2, -0.15) is 0 Å². The zero-order valence-corrected chi connectivity index (χ0v) is 5.55. The Balaban J connectivity index is 2.50. The maximum Gasteiger partial charge on any atom is 0.123 e. The Morgan fingerprint density at radius 3 is 2.44 bits per heavy atom. The van der Waals surface area contributed by atoms with Gasteiger partial charge in [-0.3, -0.25) is 0 Å². The highest BCUT2D eigenvalue weighted by molar-refractivity contribution is 5.55. The van der Waals surface area contributed by atoms with Crippen molar-refractivity contribution >= 4 is 6.29 Å². The lowest BCUT2D eigenvalue weighted by molar-refractivity contribution is -0.111. The summed E-state index contributed by atoms with van der Waals surface area (Å²) in [6.45, 7) is 3.68. The first-order valence-corrected chi connectivity index (χ1v) is 3.46. The van der Waals surface area contributed by atoms with Crippen molar-refractivity contribution in [1.82, 2.24) is 0 Å². The predicted molar refractivity (Wildman–Crippen MR) is 37.1 cm³/mol. The number of rotatable bonds is 2. The summed E-state index contributed by atoms with van der Waals surface area (Å²) in [6.07, 6.45) is 6.40. The smallest absolute Gasteiger partial charge is 0.123 e. The maximum absolute atomic E-state index is 10.3. The van der Waals surface area contributed by atoms with Crippen molar-refractivity contribution in [3.63, 3.8) is 0 Å². The van der Waals surface area contributed by atoms with Crippen molar-refractivity contribution in [2.24, 2.45) is 11.8 Å². The molecule has 0 N–H and O–H groups in total. The van der Waals surface area contributed by atoms with Gasteiger partial charge in [-0.15, -0.1) is 6.58 Å². The highest BCUT2D eigenvalue weighted by atomic mass is 16.1. The third kappa shape index (κ3) is 1.21. The summed E-state index contributed by atoms with van der Waals surface area (Å²) in [5.74, 6) is 0.755. The Kier molecular flexibility index (Phi) is 2.04. The summed E-state index contributed by atoms with van der Waals surface area (Å²) in [5, 5.41) is 0. The number of hydrogen-bond acceptors (Lipinski definition) is 1. The van der Waals surface area contributed by atoms with Crippen LogP contribution >= 0.6 is 0 Å². The molecule has 1 nitrogen and oxygen atoms in total. The van der Waals surface area contributed by atoms with Gasteiger partial charge in [0.05, 0.1) is 0 Å². The van der Waals surface area contributed by atoms with E-state index in [0.717, 1.165) is 19.1 Å². The number of carbonyl (C=O) groups excluding carboxylic acids is 1. The van der Waals surface area contributed by atoms with Crippen LogP contribution in [-0.4, -0.2) is 6.29 Å². The normalized spacial score (nSPS) is 34.2. The minimum atomic E-state index is 0.280. The average Bonchev–Trinajstić information content (AvgIpc) is 2.33. The van der Waals surface area contributed by atoms with Crippen LogP contribution in [-0.2, 0) is 4.79 Å². The van der Waals surface area contributed by atoms with Gasteiger partial charge in [-0.25, -0.2) is 0 Å². The molecule has 0 saturated heterocycles. The summed E-state index contributed by atoms with van der Waals surface area (Å²) in [5.41, 5.74) is 0. The summed E-state index contributed by atoms with van der Waals surface area (Å²) in [7, 11) is 0. The van der Waals surface area contributed by atoms with Gasteiger partial charge in [0.25, 0.3) is 0 Å². The van der Waals surface area contributed by atoms with E-state index in [-0.39, 0.29) is 5.92 Å². The lowest BCUT2D eigenvalue weighted by atomic mass is 9.98. The zero-order valence-electron chi connectivity index (χ0n) is 5.55. The quantitative estimate of drug-likeness (QED) is 0.405. The van der Waals surface area contributed by atoms with Gasteiger partial charge >= 0.3 is 0 Å². The predicted octanol–water partition coefficient (Wildman–Crippen LogP) is 1.79. The van der Waals surface area contributed by atoms with E-state index >= 15 is 0 Å². The van der Waals surface area contributed by atoms with Gasteiger partial charge in [0.1, 0.15) is 6.29 Å². The van der Waals surface area contributed by atoms with Gasteiger partial charge in [-0.1, -0.05) is 12.5 Å². The molecule has 0 unspecified atom stereocenters. The molecule has 1 aliphatic carbocycles. The molecule has 0 aromatic heterocycles. The van der Waals surface area contributed by atoms with Crippen molar-refractivity contribution in [2.45, 2.75) is 19.3 Å². The summed E-state index contributed by atoms with van der Waals surface area (Å²) in [4.78, 5) is 10.3. The Morgan fingerprint density at radius 2 is 2.00 bits per heavy atom. The molecule has 2 atom stereocenters. The fourth-order valence-corrected chi connectivity index (χ4v) is 1.48. The molecule has 9 heavy (non-hydrogen) atoms. The molecule has 1 saturated carbocycles. The number of aldehydes is 1. The molecule has 1 rings (SSSR count). The van der Waals surface area contributed by atoms with Gasteiger partial charge in [0.2, 0.25) is 0 Å². The Labute approximate surface area is 55.8 Å². The highest BCUT2D eigenvalue weighted by Gasteiger charge is 2.23. The fourth-order valence-electron chi connectivity index (χ4n) is 1.48. The molecule has 0 amide bonds. The Hall–Kier alpha value is -0.590. The van der Waals surface area contributed by atoms with Crippen molar-refractivity contribution in [1.29, 1.82) is 0 Å². The van der Waals surface area contributed by atoms with Gasteiger partial charge in [-0.05, 0) is 18.8 Å². The highest BCUT2D eigenvalue weighted by Crippen LogP contribution is 2.30. The lowest BCUT2D eigenvalue weighted by Crippen LogP contribution is -2.05. The first kappa shape index (κ1) is 6.53. The molecule has 0 bridgehead atoms. The van der Waals surface area contributed by atoms with E-state index in [2.05, 4.69) is 6.58 Å². The molecule has 0 aromatic carbocycles. The number of carbonyl (C=O) groups is 1. The molecule has 0 aliphatic heterocycles. The third-order valence-corrected chi connectivity index (χ3v) is 2.10. The lowest BCUT2D eigenvalue weighted by Gasteiger charge is -2.05. The third-order valence-electron chi connectivity index (χ3n) is 2.10. The Morgan fingerprint density at radius 1 is 1.33 bits per heavy atom. The summed E-state index contributed by atoms with van der Waals surface area (Å²) in [6, 6.07) is 0. The minimum Gasteiger partial charge on any atom is -0.303 e. The molecule has 1 aliphatic rings. The molecule has 0 aromatic rings. The van der Waals surface area contributed by atoms with Crippen LogP contribution in [0.4, 0.5) is 0 Å². The topological polar surface area (TPSA) is 17.1 Å².